The Morgan fingerprint density at radius 3 is 1.76 bits per heavy atom. The predicted octanol–water partition coefficient (Wildman–Crippen LogP) is 7.70. The molecule has 4 rings (SSSR count). The van der Waals surface area contributed by atoms with E-state index >= 15 is 0 Å². The lowest BCUT2D eigenvalue weighted by Crippen LogP contribution is -2.30. The van der Waals surface area contributed by atoms with E-state index in [2.05, 4.69) is 6.92 Å². The van der Waals surface area contributed by atoms with E-state index in [0.29, 0.717) is 5.56 Å². The molecular formula is C33H33F2NO4S. The molecule has 0 aromatic heterocycles. The molecule has 214 valence electrons. The standard InChI is InChI=1S/C33H33F2NO4S/c1-2-3-4-5-6-25-7-13-28(14-8-25)33(37)36(23-26-9-15-29(34)16-10-26)24-27-11-19-31(20-12-27)40-41(38,39)32-21-17-30(35)18-22-32/h7-22H,2-6,23-24H2,1H3. The summed E-state index contributed by atoms with van der Waals surface area (Å²) in [6.45, 7) is 2.68. The molecule has 0 radical (unpaired) electrons. The number of carbonyl (C=O) groups is 1. The zero-order valence-electron chi connectivity index (χ0n) is 22.9. The van der Waals surface area contributed by atoms with E-state index in [0.717, 1.165) is 48.2 Å². The first-order valence-corrected chi connectivity index (χ1v) is 15.1. The van der Waals surface area contributed by atoms with Gasteiger partial charge in [-0.2, -0.15) is 8.42 Å². The number of rotatable bonds is 13. The van der Waals surface area contributed by atoms with Gasteiger partial charge >= 0.3 is 10.1 Å². The Balaban J connectivity index is 1.48. The van der Waals surface area contributed by atoms with E-state index in [-0.39, 0.29) is 35.5 Å². The Morgan fingerprint density at radius 1 is 0.683 bits per heavy atom. The van der Waals surface area contributed by atoms with Crippen LogP contribution in [0.1, 0.15) is 59.7 Å². The average molecular weight is 578 g/mol. The van der Waals surface area contributed by atoms with Crippen LogP contribution >= 0.6 is 0 Å². The van der Waals surface area contributed by atoms with Crippen molar-refractivity contribution < 1.29 is 26.2 Å². The third kappa shape index (κ3) is 8.72. The third-order valence-corrected chi connectivity index (χ3v) is 7.96. The Hall–Kier alpha value is -4.04. The summed E-state index contributed by atoms with van der Waals surface area (Å²) >= 11 is 0. The van der Waals surface area contributed by atoms with Gasteiger partial charge in [-0.05, 0) is 90.2 Å². The number of benzene rings is 4. The van der Waals surface area contributed by atoms with Crippen LogP contribution in [0.3, 0.4) is 0 Å². The van der Waals surface area contributed by atoms with Crippen LogP contribution in [0.25, 0.3) is 0 Å². The van der Waals surface area contributed by atoms with Gasteiger partial charge in [-0.1, -0.05) is 62.6 Å². The van der Waals surface area contributed by atoms with E-state index in [1.54, 1.807) is 29.2 Å². The van der Waals surface area contributed by atoms with Crippen molar-refractivity contribution in [3.63, 3.8) is 0 Å². The summed E-state index contributed by atoms with van der Waals surface area (Å²) in [5.74, 6) is -0.992. The van der Waals surface area contributed by atoms with Gasteiger partial charge in [0.05, 0.1) is 0 Å². The zero-order valence-corrected chi connectivity index (χ0v) is 23.7. The molecule has 0 atom stereocenters. The molecule has 0 bridgehead atoms. The maximum absolute atomic E-state index is 13.6. The molecule has 0 N–H and O–H groups in total. The lowest BCUT2D eigenvalue weighted by molar-refractivity contribution is 0.0730. The van der Waals surface area contributed by atoms with Crippen LogP contribution in [-0.2, 0) is 29.6 Å². The minimum absolute atomic E-state index is 0.0870. The minimum Gasteiger partial charge on any atom is -0.379 e. The van der Waals surface area contributed by atoms with Crippen LogP contribution in [0.15, 0.2) is 102 Å². The summed E-state index contributed by atoms with van der Waals surface area (Å²) in [4.78, 5) is 15.1. The third-order valence-electron chi connectivity index (χ3n) is 6.70. The highest BCUT2D eigenvalue weighted by atomic mass is 32.2. The van der Waals surface area contributed by atoms with E-state index < -0.39 is 15.9 Å². The van der Waals surface area contributed by atoms with Crippen molar-refractivity contribution in [3.05, 3.63) is 131 Å². The van der Waals surface area contributed by atoms with Gasteiger partial charge in [0.2, 0.25) is 0 Å². The Bertz CT molecular complexity index is 1520. The van der Waals surface area contributed by atoms with Crippen LogP contribution in [0, 0.1) is 11.6 Å². The van der Waals surface area contributed by atoms with Crippen molar-refractivity contribution in [1.29, 1.82) is 0 Å². The highest BCUT2D eigenvalue weighted by Gasteiger charge is 2.19. The monoisotopic (exact) mass is 577 g/mol. The fourth-order valence-corrected chi connectivity index (χ4v) is 5.34. The number of hydrogen-bond donors (Lipinski definition) is 0. The van der Waals surface area contributed by atoms with Gasteiger partial charge in [0.15, 0.2) is 0 Å². The summed E-state index contributed by atoms with van der Waals surface area (Å²) in [5, 5.41) is 0. The summed E-state index contributed by atoms with van der Waals surface area (Å²) < 4.78 is 56.9. The molecule has 0 aliphatic carbocycles. The number of unbranched alkanes of at least 4 members (excludes halogenated alkanes) is 3. The summed E-state index contributed by atoms with van der Waals surface area (Å²) in [7, 11) is -4.13. The molecule has 41 heavy (non-hydrogen) atoms. The van der Waals surface area contributed by atoms with Crippen LogP contribution < -0.4 is 4.18 Å². The van der Waals surface area contributed by atoms with Crippen LogP contribution in [0.5, 0.6) is 5.75 Å². The number of halogens is 2. The highest BCUT2D eigenvalue weighted by molar-refractivity contribution is 7.87. The van der Waals surface area contributed by atoms with E-state index in [1.165, 1.54) is 49.1 Å². The van der Waals surface area contributed by atoms with Crippen LogP contribution in [-0.4, -0.2) is 19.2 Å². The average Bonchev–Trinajstić information content (AvgIpc) is 2.97. The molecule has 0 unspecified atom stereocenters. The molecular weight excluding hydrogens is 544 g/mol. The fraction of sp³-hybridized carbons (Fsp3) is 0.242. The number of hydrogen-bond acceptors (Lipinski definition) is 4. The van der Waals surface area contributed by atoms with Gasteiger partial charge in [0, 0.05) is 18.7 Å². The maximum atomic E-state index is 13.6. The van der Waals surface area contributed by atoms with E-state index in [9.17, 15) is 22.0 Å². The molecule has 4 aromatic carbocycles. The molecule has 0 heterocycles. The second-order valence-electron chi connectivity index (χ2n) is 9.93. The van der Waals surface area contributed by atoms with Gasteiger partial charge in [-0.25, -0.2) is 8.78 Å². The Morgan fingerprint density at radius 2 is 1.20 bits per heavy atom. The molecule has 0 aliphatic rings. The molecule has 1 amide bonds. The first-order chi connectivity index (χ1) is 19.7. The topological polar surface area (TPSA) is 63.7 Å². The van der Waals surface area contributed by atoms with Crippen molar-refractivity contribution >= 4 is 16.0 Å². The van der Waals surface area contributed by atoms with E-state index in [1.807, 2.05) is 24.3 Å². The number of carbonyl (C=O) groups excluding carboxylic acids is 1. The first kappa shape index (κ1) is 29.9. The Kier molecular flexibility index (Phi) is 10.2. The van der Waals surface area contributed by atoms with E-state index in [4.69, 9.17) is 4.18 Å². The molecule has 0 saturated heterocycles. The SMILES string of the molecule is CCCCCCc1ccc(C(=O)N(Cc2ccc(F)cc2)Cc2ccc(OS(=O)(=O)c3ccc(F)cc3)cc2)cc1. The molecule has 8 heteroatoms. The van der Waals surface area contributed by atoms with Gasteiger partial charge in [0.25, 0.3) is 5.91 Å². The first-order valence-electron chi connectivity index (χ1n) is 13.6. The summed E-state index contributed by atoms with van der Waals surface area (Å²) in [5.41, 5.74) is 3.26. The maximum Gasteiger partial charge on any atom is 0.339 e. The molecule has 0 spiro atoms. The van der Waals surface area contributed by atoms with Gasteiger partial charge < -0.3 is 9.08 Å². The normalized spacial score (nSPS) is 11.3. The van der Waals surface area contributed by atoms with Gasteiger partial charge in [0.1, 0.15) is 22.3 Å². The number of aryl methyl sites for hydroxylation is 1. The fourth-order valence-electron chi connectivity index (χ4n) is 4.41. The molecule has 5 nitrogen and oxygen atoms in total. The summed E-state index contributed by atoms with van der Waals surface area (Å²) in [6.07, 6.45) is 5.67. The molecule has 0 saturated carbocycles. The zero-order chi connectivity index (χ0) is 29.2. The van der Waals surface area contributed by atoms with Gasteiger partial charge in [-0.3, -0.25) is 4.79 Å². The van der Waals surface area contributed by atoms with Crippen molar-refractivity contribution in [2.75, 3.05) is 0 Å². The lowest BCUT2D eigenvalue weighted by atomic mass is 10.0. The molecule has 0 fully saturated rings. The molecule has 0 aliphatic heterocycles. The van der Waals surface area contributed by atoms with Crippen molar-refractivity contribution in [2.24, 2.45) is 0 Å². The van der Waals surface area contributed by atoms with Crippen LogP contribution in [0.2, 0.25) is 0 Å². The largest absolute Gasteiger partial charge is 0.379 e. The second-order valence-corrected chi connectivity index (χ2v) is 11.5. The minimum atomic E-state index is -4.13. The predicted molar refractivity (Wildman–Crippen MR) is 155 cm³/mol. The smallest absolute Gasteiger partial charge is 0.339 e. The van der Waals surface area contributed by atoms with Crippen LogP contribution in [0.4, 0.5) is 8.78 Å². The highest BCUT2D eigenvalue weighted by Crippen LogP contribution is 2.22. The summed E-state index contributed by atoms with van der Waals surface area (Å²) in [6, 6.07) is 24.4. The van der Waals surface area contributed by atoms with Crippen molar-refractivity contribution in [3.8, 4) is 5.75 Å². The Labute approximate surface area is 240 Å². The number of amides is 1. The van der Waals surface area contributed by atoms with Gasteiger partial charge in [-0.15, -0.1) is 0 Å². The second kappa shape index (κ2) is 14.0. The van der Waals surface area contributed by atoms with Crippen molar-refractivity contribution in [1.82, 2.24) is 4.90 Å². The van der Waals surface area contributed by atoms with Crippen molar-refractivity contribution in [2.45, 2.75) is 57.0 Å². The quantitative estimate of drug-likeness (QED) is 0.121. The number of nitrogens with zero attached hydrogens (tertiary/aromatic N) is 1. The lowest BCUT2D eigenvalue weighted by Gasteiger charge is -2.23. The molecule has 4 aromatic rings.